The van der Waals surface area contributed by atoms with E-state index in [1.54, 1.807) is 7.11 Å². The van der Waals surface area contributed by atoms with Crippen LogP contribution in [0, 0.1) is 5.92 Å². The Bertz CT molecular complexity index is 299. The van der Waals surface area contributed by atoms with Crippen molar-refractivity contribution in [2.75, 3.05) is 20.3 Å². The molecule has 2 heteroatoms. The van der Waals surface area contributed by atoms with Crippen molar-refractivity contribution >= 4 is 0 Å². The number of hydrogen-bond donors (Lipinski definition) is 1. The molecule has 0 aromatic heterocycles. The van der Waals surface area contributed by atoms with Gasteiger partial charge in [-0.05, 0) is 37.3 Å². The van der Waals surface area contributed by atoms with Crippen molar-refractivity contribution in [2.24, 2.45) is 5.92 Å². The molecule has 0 radical (unpaired) electrons. The molecule has 2 unspecified atom stereocenters. The van der Waals surface area contributed by atoms with Gasteiger partial charge < -0.3 is 10.1 Å². The Labute approximate surface area is 112 Å². The smallest absolute Gasteiger partial charge is 0.0462 e. The average molecular weight is 249 g/mol. The van der Waals surface area contributed by atoms with E-state index in [0.29, 0.717) is 12.0 Å². The molecule has 102 valence electrons. The van der Waals surface area contributed by atoms with E-state index in [4.69, 9.17) is 4.74 Å². The molecule has 0 aliphatic rings. The summed E-state index contributed by atoms with van der Waals surface area (Å²) in [6.07, 6.45) is 3.51. The van der Waals surface area contributed by atoms with E-state index < -0.39 is 0 Å². The molecule has 1 aromatic rings. The predicted molar refractivity (Wildman–Crippen MR) is 77.8 cm³/mol. The summed E-state index contributed by atoms with van der Waals surface area (Å²) in [5, 5.41) is 3.67. The summed E-state index contributed by atoms with van der Waals surface area (Å²) in [6, 6.07) is 11.2. The van der Waals surface area contributed by atoms with Gasteiger partial charge in [0.1, 0.15) is 0 Å². The van der Waals surface area contributed by atoms with Crippen LogP contribution in [0.15, 0.2) is 30.3 Å². The van der Waals surface area contributed by atoms with Crippen molar-refractivity contribution in [3.63, 3.8) is 0 Å². The maximum atomic E-state index is 5.14. The van der Waals surface area contributed by atoms with Gasteiger partial charge in [-0.2, -0.15) is 0 Å². The Morgan fingerprint density at radius 1 is 1.22 bits per heavy atom. The number of methoxy groups -OCH3 is 1. The van der Waals surface area contributed by atoms with E-state index in [0.717, 1.165) is 19.6 Å². The predicted octanol–water partition coefficient (Wildman–Crippen LogP) is 3.79. The largest absolute Gasteiger partial charge is 0.385 e. The van der Waals surface area contributed by atoms with Gasteiger partial charge in [0.05, 0.1) is 0 Å². The van der Waals surface area contributed by atoms with E-state index in [9.17, 15) is 0 Å². The lowest BCUT2D eigenvalue weighted by Crippen LogP contribution is -2.27. The molecule has 0 saturated carbocycles. The second-order valence-electron chi connectivity index (χ2n) is 4.95. The lowest BCUT2D eigenvalue weighted by molar-refractivity contribution is 0.183. The van der Waals surface area contributed by atoms with Crippen LogP contribution in [0.3, 0.4) is 0 Å². The molecule has 1 aromatic carbocycles. The molecule has 0 amide bonds. The molecule has 0 aliphatic heterocycles. The molecule has 0 bridgehead atoms. The molecular weight excluding hydrogens is 222 g/mol. The van der Waals surface area contributed by atoms with E-state index in [2.05, 4.69) is 49.5 Å². The molecule has 1 N–H and O–H groups in total. The second kappa shape index (κ2) is 9.12. The highest BCUT2D eigenvalue weighted by Gasteiger charge is 2.17. The Morgan fingerprint density at radius 2 is 1.94 bits per heavy atom. The average Bonchev–Trinajstić information content (AvgIpc) is 2.41. The Morgan fingerprint density at radius 3 is 2.56 bits per heavy atom. The SMILES string of the molecule is CCCNC(c1ccccc1)C(C)CCCOC. The summed E-state index contributed by atoms with van der Waals surface area (Å²) in [5.41, 5.74) is 1.40. The molecular formula is C16H27NO. The second-order valence-corrected chi connectivity index (χ2v) is 4.95. The maximum Gasteiger partial charge on any atom is 0.0462 e. The Balaban J connectivity index is 2.59. The molecule has 2 atom stereocenters. The van der Waals surface area contributed by atoms with Crippen molar-refractivity contribution in [3.8, 4) is 0 Å². The third-order valence-electron chi connectivity index (χ3n) is 3.35. The van der Waals surface area contributed by atoms with Gasteiger partial charge in [0, 0.05) is 19.8 Å². The van der Waals surface area contributed by atoms with Crippen molar-refractivity contribution in [3.05, 3.63) is 35.9 Å². The monoisotopic (exact) mass is 249 g/mol. The Kier molecular flexibility index (Phi) is 7.70. The summed E-state index contributed by atoms with van der Waals surface area (Å²) in [6.45, 7) is 6.48. The van der Waals surface area contributed by atoms with Crippen molar-refractivity contribution in [1.82, 2.24) is 5.32 Å². The van der Waals surface area contributed by atoms with Gasteiger partial charge in [-0.1, -0.05) is 44.2 Å². The summed E-state index contributed by atoms with van der Waals surface area (Å²) < 4.78 is 5.14. The van der Waals surface area contributed by atoms with Gasteiger partial charge in [0.2, 0.25) is 0 Å². The third kappa shape index (κ3) is 5.19. The van der Waals surface area contributed by atoms with Crippen molar-refractivity contribution in [1.29, 1.82) is 0 Å². The Hall–Kier alpha value is -0.860. The number of benzene rings is 1. The van der Waals surface area contributed by atoms with Crippen LogP contribution in [0.2, 0.25) is 0 Å². The van der Waals surface area contributed by atoms with Crippen LogP contribution in [0.5, 0.6) is 0 Å². The summed E-state index contributed by atoms with van der Waals surface area (Å²) in [7, 11) is 1.77. The van der Waals surface area contributed by atoms with Gasteiger partial charge in [-0.25, -0.2) is 0 Å². The number of ether oxygens (including phenoxy) is 1. The molecule has 0 heterocycles. The van der Waals surface area contributed by atoms with Crippen molar-refractivity contribution in [2.45, 2.75) is 39.2 Å². The molecule has 2 nitrogen and oxygen atoms in total. The minimum absolute atomic E-state index is 0.461. The highest BCUT2D eigenvalue weighted by Crippen LogP contribution is 2.25. The lowest BCUT2D eigenvalue weighted by Gasteiger charge is -2.25. The molecule has 18 heavy (non-hydrogen) atoms. The fourth-order valence-corrected chi connectivity index (χ4v) is 2.32. The standard InChI is InChI=1S/C16H27NO/c1-4-12-17-16(14(2)9-8-13-18-3)15-10-6-5-7-11-15/h5-7,10-11,14,16-17H,4,8-9,12-13H2,1-3H3. The molecule has 0 fully saturated rings. The first-order chi connectivity index (χ1) is 8.79. The van der Waals surface area contributed by atoms with Gasteiger partial charge in [-0.15, -0.1) is 0 Å². The summed E-state index contributed by atoms with van der Waals surface area (Å²) >= 11 is 0. The number of nitrogens with one attached hydrogen (secondary N) is 1. The minimum Gasteiger partial charge on any atom is -0.385 e. The first-order valence-corrected chi connectivity index (χ1v) is 7.06. The molecule has 0 saturated heterocycles. The van der Waals surface area contributed by atoms with Crippen LogP contribution < -0.4 is 5.32 Å². The fourth-order valence-electron chi connectivity index (χ4n) is 2.32. The van der Waals surface area contributed by atoms with E-state index >= 15 is 0 Å². The molecule has 1 rings (SSSR count). The van der Waals surface area contributed by atoms with E-state index in [1.807, 2.05) is 0 Å². The zero-order valence-corrected chi connectivity index (χ0v) is 12.0. The first kappa shape index (κ1) is 15.2. The van der Waals surface area contributed by atoms with Crippen molar-refractivity contribution < 1.29 is 4.74 Å². The van der Waals surface area contributed by atoms with E-state index in [-0.39, 0.29) is 0 Å². The first-order valence-electron chi connectivity index (χ1n) is 7.06. The van der Waals surface area contributed by atoms with Gasteiger partial charge in [-0.3, -0.25) is 0 Å². The topological polar surface area (TPSA) is 21.3 Å². The minimum atomic E-state index is 0.461. The number of rotatable bonds is 9. The maximum absolute atomic E-state index is 5.14. The summed E-state index contributed by atoms with van der Waals surface area (Å²) in [5.74, 6) is 0.633. The van der Waals surface area contributed by atoms with E-state index in [1.165, 1.54) is 18.4 Å². The normalized spacial score (nSPS) is 14.4. The summed E-state index contributed by atoms with van der Waals surface area (Å²) in [4.78, 5) is 0. The van der Waals surface area contributed by atoms with Crippen LogP contribution in [0.4, 0.5) is 0 Å². The zero-order chi connectivity index (χ0) is 13.2. The third-order valence-corrected chi connectivity index (χ3v) is 3.35. The van der Waals surface area contributed by atoms with Crippen LogP contribution in [0.25, 0.3) is 0 Å². The zero-order valence-electron chi connectivity index (χ0n) is 12.0. The van der Waals surface area contributed by atoms with Gasteiger partial charge in [0.15, 0.2) is 0 Å². The fraction of sp³-hybridized carbons (Fsp3) is 0.625. The highest BCUT2D eigenvalue weighted by atomic mass is 16.5. The highest BCUT2D eigenvalue weighted by molar-refractivity contribution is 5.19. The molecule has 0 aliphatic carbocycles. The van der Waals surface area contributed by atoms with Crippen LogP contribution in [-0.2, 0) is 4.74 Å². The van der Waals surface area contributed by atoms with Crippen LogP contribution in [0.1, 0.15) is 44.7 Å². The van der Waals surface area contributed by atoms with Gasteiger partial charge >= 0.3 is 0 Å². The lowest BCUT2D eigenvalue weighted by atomic mass is 9.91. The quantitative estimate of drug-likeness (QED) is 0.672. The molecule has 0 spiro atoms. The van der Waals surface area contributed by atoms with Crippen LogP contribution in [-0.4, -0.2) is 20.3 Å². The van der Waals surface area contributed by atoms with Gasteiger partial charge in [0.25, 0.3) is 0 Å². The van der Waals surface area contributed by atoms with Crippen LogP contribution >= 0.6 is 0 Å². The number of hydrogen-bond acceptors (Lipinski definition) is 2.